The zero-order valence-electron chi connectivity index (χ0n) is 19.6. The Balaban J connectivity index is 1.25. The fourth-order valence-electron chi connectivity index (χ4n) is 7.41. The van der Waals surface area contributed by atoms with E-state index in [2.05, 4.69) is 16.8 Å². The van der Waals surface area contributed by atoms with Crippen molar-refractivity contribution in [2.45, 2.75) is 140 Å². The molecule has 0 N–H and O–H groups in total. The maximum Gasteiger partial charge on any atom is 0.00983 e. The Hall–Kier alpha value is -0.0800. The minimum absolute atomic E-state index is 0.881. The van der Waals surface area contributed by atoms with Crippen molar-refractivity contribution in [1.82, 2.24) is 9.80 Å². The Morgan fingerprint density at radius 1 is 0.448 bits per heavy atom. The molecule has 2 heteroatoms. The number of hydrogen-bond acceptors (Lipinski definition) is 2. The highest BCUT2D eigenvalue weighted by Gasteiger charge is 2.32. The first-order valence-electron chi connectivity index (χ1n) is 13.8. The molecular formula is C27H50N2. The second kappa shape index (κ2) is 11.5. The van der Waals surface area contributed by atoms with Crippen LogP contribution < -0.4 is 0 Å². The smallest absolute Gasteiger partial charge is 0.00983 e. The maximum atomic E-state index is 3.08. The molecule has 0 bridgehead atoms. The molecule has 0 heterocycles. The minimum Gasteiger partial charge on any atom is -0.303 e. The minimum atomic E-state index is 0.881. The van der Waals surface area contributed by atoms with Crippen LogP contribution in [0.1, 0.15) is 122 Å². The summed E-state index contributed by atoms with van der Waals surface area (Å²) in [5, 5.41) is 0. The second-order valence-corrected chi connectivity index (χ2v) is 11.4. The molecule has 4 aliphatic carbocycles. The van der Waals surface area contributed by atoms with Gasteiger partial charge in [-0.1, -0.05) is 57.8 Å². The molecule has 0 aromatic rings. The predicted octanol–water partition coefficient (Wildman–Crippen LogP) is 7.02. The van der Waals surface area contributed by atoms with Gasteiger partial charge >= 0.3 is 0 Å². The van der Waals surface area contributed by atoms with Crippen LogP contribution in [0.3, 0.4) is 0 Å². The molecule has 0 radical (unpaired) electrons. The van der Waals surface area contributed by atoms with Crippen LogP contribution in [-0.4, -0.2) is 48.1 Å². The highest BCUT2D eigenvalue weighted by Crippen LogP contribution is 2.35. The van der Waals surface area contributed by atoms with Crippen LogP contribution in [0.5, 0.6) is 0 Å². The van der Waals surface area contributed by atoms with E-state index in [1.54, 1.807) is 0 Å². The van der Waals surface area contributed by atoms with Crippen LogP contribution >= 0.6 is 0 Å². The van der Waals surface area contributed by atoms with Gasteiger partial charge in [-0.15, -0.1) is 0 Å². The lowest BCUT2D eigenvalue weighted by Gasteiger charge is -2.45. The highest BCUT2D eigenvalue weighted by molar-refractivity contribution is 4.88. The van der Waals surface area contributed by atoms with Crippen molar-refractivity contribution in [2.24, 2.45) is 11.8 Å². The lowest BCUT2D eigenvalue weighted by atomic mass is 9.82. The van der Waals surface area contributed by atoms with E-state index in [0.29, 0.717) is 0 Å². The van der Waals surface area contributed by atoms with Gasteiger partial charge in [-0.3, -0.25) is 4.90 Å². The Morgan fingerprint density at radius 2 is 0.897 bits per heavy atom. The first kappa shape index (κ1) is 22.1. The third-order valence-electron chi connectivity index (χ3n) is 9.27. The fourth-order valence-corrected chi connectivity index (χ4v) is 7.41. The molecular weight excluding hydrogens is 352 g/mol. The first-order valence-corrected chi connectivity index (χ1v) is 13.8. The molecule has 4 aliphatic rings. The maximum absolute atomic E-state index is 3.08. The van der Waals surface area contributed by atoms with Crippen molar-refractivity contribution in [1.29, 1.82) is 0 Å². The van der Waals surface area contributed by atoms with Crippen LogP contribution in [-0.2, 0) is 0 Å². The molecule has 0 aliphatic heterocycles. The summed E-state index contributed by atoms with van der Waals surface area (Å²) in [6, 6.07) is 2.74. The second-order valence-electron chi connectivity index (χ2n) is 11.4. The first-order chi connectivity index (χ1) is 14.3. The third-order valence-corrected chi connectivity index (χ3v) is 9.27. The number of nitrogens with zero attached hydrogens (tertiary/aromatic N) is 2. The van der Waals surface area contributed by atoms with E-state index in [9.17, 15) is 0 Å². The molecule has 4 fully saturated rings. The molecule has 2 nitrogen and oxygen atoms in total. The molecule has 0 aromatic heterocycles. The molecule has 0 amide bonds. The van der Waals surface area contributed by atoms with Gasteiger partial charge in [0, 0.05) is 31.2 Å². The molecule has 4 rings (SSSR count). The Kier molecular flexibility index (Phi) is 8.78. The lowest BCUT2D eigenvalue weighted by Crippen LogP contribution is -2.48. The van der Waals surface area contributed by atoms with Gasteiger partial charge < -0.3 is 4.90 Å². The summed E-state index contributed by atoms with van der Waals surface area (Å²) in [5.74, 6) is 1.98. The van der Waals surface area contributed by atoms with E-state index in [-0.39, 0.29) is 0 Å². The zero-order chi connectivity index (χ0) is 19.9. The largest absolute Gasteiger partial charge is 0.303 e. The van der Waals surface area contributed by atoms with Gasteiger partial charge in [0.05, 0.1) is 0 Å². The van der Waals surface area contributed by atoms with Crippen LogP contribution in [0.2, 0.25) is 0 Å². The van der Waals surface area contributed by atoms with Gasteiger partial charge in [-0.05, 0) is 83.1 Å². The van der Waals surface area contributed by atoms with Crippen molar-refractivity contribution in [3.63, 3.8) is 0 Å². The monoisotopic (exact) mass is 402 g/mol. The average Bonchev–Trinajstić information content (AvgIpc) is 2.80. The normalized spacial score (nSPS) is 31.6. The molecule has 168 valence electrons. The van der Waals surface area contributed by atoms with Gasteiger partial charge in [-0.2, -0.15) is 0 Å². The summed E-state index contributed by atoms with van der Waals surface area (Å²) < 4.78 is 0. The van der Waals surface area contributed by atoms with E-state index >= 15 is 0 Å². The van der Waals surface area contributed by atoms with Gasteiger partial charge in [0.15, 0.2) is 0 Å². The standard InChI is InChI=1S/C27H50N2/c1-28(21-23-11-5-2-6-12-23)25-19-17-24(18-20-25)22-29(26-13-7-3-8-14-26)27-15-9-4-10-16-27/h23-27H,2-22H2,1H3. The summed E-state index contributed by atoms with van der Waals surface area (Å²) in [4.78, 5) is 5.85. The van der Waals surface area contributed by atoms with Crippen LogP contribution in [0.25, 0.3) is 0 Å². The topological polar surface area (TPSA) is 6.48 Å². The molecule has 0 unspecified atom stereocenters. The lowest BCUT2D eigenvalue weighted by molar-refractivity contribution is 0.0478. The van der Waals surface area contributed by atoms with Gasteiger partial charge in [-0.25, -0.2) is 0 Å². The van der Waals surface area contributed by atoms with E-state index in [1.165, 1.54) is 135 Å². The van der Waals surface area contributed by atoms with Gasteiger partial charge in [0.25, 0.3) is 0 Å². The van der Waals surface area contributed by atoms with E-state index in [0.717, 1.165) is 30.0 Å². The van der Waals surface area contributed by atoms with Crippen molar-refractivity contribution in [3.05, 3.63) is 0 Å². The summed E-state index contributed by atoms with van der Waals surface area (Å²) >= 11 is 0. The zero-order valence-corrected chi connectivity index (χ0v) is 19.6. The number of rotatable bonds is 7. The van der Waals surface area contributed by atoms with Gasteiger partial charge in [0.2, 0.25) is 0 Å². The van der Waals surface area contributed by atoms with E-state index in [1.807, 2.05) is 0 Å². The molecule has 0 atom stereocenters. The van der Waals surface area contributed by atoms with E-state index < -0.39 is 0 Å². The van der Waals surface area contributed by atoms with Crippen molar-refractivity contribution in [3.8, 4) is 0 Å². The average molecular weight is 403 g/mol. The van der Waals surface area contributed by atoms with Crippen molar-refractivity contribution in [2.75, 3.05) is 20.1 Å². The SMILES string of the molecule is CN(CC1CCCCC1)C1CCC(CN(C2CCCCC2)C2CCCCC2)CC1. The van der Waals surface area contributed by atoms with Crippen LogP contribution in [0.4, 0.5) is 0 Å². The predicted molar refractivity (Wildman–Crippen MR) is 125 cm³/mol. The summed E-state index contributed by atoms with van der Waals surface area (Å²) in [6.07, 6.45) is 28.3. The summed E-state index contributed by atoms with van der Waals surface area (Å²) in [5.41, 5.74) is 0. The molecule has 4 saturated carbocycles. The summed E-state index contributed by atoms with van der Waals surface area (Å²) in [7, 11) is 2.44. The molecule has 0 aromatic carbocycles. The van der Waals surface area contributed by atoms with Crippen molar-refractivity contribution < 1.29 is 0 Å². The van der Waals surface area contributed by atoms with Crippen molar-refractivity contribution >= 4 is 0 Å². The van der Waals surface area contributed by atoms with Crippen LogP contribution in [0.15, 0.2) is 0 Å². The Bertz CT molecular complexity index is 419. The number of hydrogen-bond donors (Lipinski definition) is 0. The molecule has 0 saturated heterocycles. The fraction of sp³-hybridized carbons (Fsp3) is 1.00. The highest BCUT2D eigenvalue weighted by atomic mass is 15.2. The summed E-state index contributed by atoms with van der Waals surface area (Å²) in [6.45, 7) is 2.82. The Labute approximate surface area is 182 Å². The third kappa shape index (κ3) is 6.45. The van der Waals surface area contributed by atoms with E-state index in [4.69, 9.17) is 0 Å². The van der Waals surface area contributed by atoms with Gasteiger partial charge in [0.1, 0.15) is 0 Å². The molecule has 29 heavy (non-hydrogen) atoms. The Morgan fingerprint density at radius 3 is 1.41 bits per heavy atom. The van der Waals surface area contributed by atoms with Crippen LogP contribution in [0, 0.1) is 11.8 Å². The molecule has 0 spiro atoms. The quantitative estimate of drug-likeness (QED) is 0.451.